The summed E-state index contributed by atoms with van der Waals surface area (Å²) in [6.45, 7) is 1.82. The maximum atomic E-state index is 11.2. The average Bonchev–Trinajstić information content (AvgIpc) is 2.81. The molecule has 2 heterocycles. The normalized spacial score (nSPS) is 13.8. The fourth-order valence-electron chi connectivity index (χ4n) is 2.40. The van der Waals surface area contributed by atoms with Crippen molar-refractivity contribution < 1.29 is 14.6 Å². The number of benzene rings is 1. The van der Waals surface area contributed by atoms with E-state index in [-0.39, 0.29) is 5.56 Å². The van der Waals surface area contributed by atoms with Crippen LogP contribution in [0.5, 0.6) is 5.75 Å². The molecule has 2 aromatic rings. The lowest BCUT2D eigenvalue weighted by atomic mass is 10.2. The Bertz CT molecular complexity index is 651. The topological polar surface area (TPSA) is 67.6 Å². The largest absolute Gasteiger partial charge is 0.490 e. The number of aromatic carboxylic acids is 1. The molecule has 0 spiro atoms. The summed E-state index contributed by atoms with van der Waals surface area (Å²) in [5, 5.41) is 13.2. The van der Waals surface area contributed by atoms with Gasteiger partial charge in [0.15, 0.2) is 0 Å². The molecule has 0 unspecified atom stereocenters. The predicted molar refractivity (Wildman–Crippen MR) is 73.2 cm³/mol. The van der Waals surface area contributed by atoms with Gasteiger partial charge in [0.1, 0.15) is 17.9 Å². The molecule has 0 saturated heterocycles. The van der Waals surface area contributed by atoms with Crippen LogP contribution in [0.25, 0.3) is 0 Å². The molecule has 0 radical (unpaired) electrons. The molecule has 1 aliphatic heterocycles. The van der Waals surface area contributed by atoms with E-state index in [1.54, 1.807) is 11.7 Å². The lowest BCUT2D eigenvalue weighted by molar-refractivity contribution is 0.0695. The Morgan fingerprint density at radius 3 is 3.05 bits per heavy atom. The molecule has 20 heavy (non-hydrogen) atoms. The highest BCUT2D eigenvalue weighted by Crippen LogP contribution is 2.32. The number of carboxylic acids is 1. The van der Waals surface area contributed by atoms with Crippen molar-refractivity contribution in [2.75, 3.05) is 18.1 Å². The Kier molecular flexibility index (Phi) is 3.06. The zero-order chi connectivity index (χ0) is 14.1. The van der Waals surface area contributed by atoms with E-state index in [1.807, 2.05) is 24.3 Å². The van der Waals surface area contributed by atoms with Crippen LogP contribution in [0.4, 0.5) is 5.69 Å². The van der Waals surface area contributed by atoms with Gasteiger partial charge in [-0.2, -0.15) is 5.10 Å². The average molecular weight is 273 g/mol. The van der Waals surface area contributed by atoms with Gasteiger partial charge in [-0.3, -0.25) is 4.68 Å². The van der Waals surface area contributed by atoms with Crippen LogP contribution in [0.3, 0.4) is 0 Å². The number of ether oxygens (including phenoxy) is 1. The number of hydrogen-bond acceptors (Lipinski definition) is 4. The van der Waals surface area contributed by atoms with E-state index in [2.05, 4.69) is 10.00 Å². The number of aryl methyl sites for hydroxylation is 1. The molecule has 1 aromatic carbocycles. The molecule has 0 saturated carbocycles. The Morgan fingerprint density at radius 2 is 2.25 bits per heavy atom. The number of anilines is 1. The smallest absolute Gasteiger partial charge is 0.339 e. The summed E-state index contributed by atoms with van der Waals surface area (Å²) in [5.74, 6) is -0.118. The predicted octanol–water partition coefficient (Wildman–Crippen LogP) is 1.52. The molecule has 0 bridgehead atoms. The third kappa shape index (κ3) is 2.09. The van der Waals surface area contributed by atoms with Gasteiger partial charge in [-0.05, 0) is 12.1 Å². The number of carbonyl (C=O) groups is 1. The molecular weight excluding hydrogens is 258 g/mol. The van der Waals surface area contributed by atoms with Crippen LogP contribution in [0.2, 0.25) is 0 Å². The number of nitrogens with zero attached hydrogens (tertiary/aromatic N) is 3. The van der Waals surface area contributed by atoms with Gasteiger partial charge < -0.3 is 14.7 Å². The second-order valence-corrected chi connectivity index (χ2v) is 4.67. The standard InChI is InChI=1S/C14H15N3O3/c1-16-12(10(8-15-16)14(18)19)9-17-6-7-20-13-5-3-2-4-11(13)17/h2-5,8H,6-7,9H2,1H3,(H,18,19). The minimum absolute atomic E-state index is 0.247. The molecule has 0 aliphatic carbocycles. The third-order valence-corrected chi connectivity index (χ3v) is 3.46. The summed E-state index contributed by atoms with van der Waals surface area (Å²) >= 11 is 0. The summed E-state index contributed by atoms with van der Waals surface area (Å²) in [7, 11) is 1.76. The number of carboxylic acid groups (broad SMARTS) is 1. The Morgan fingerprint density at radius 1 is 1.45 bits per heavy atom. The van der Waals surface area contributed by atoms with E-state index in [0.29, 0.717) is 18.8 Å². The SMILES string of the molecule is Cn1ncc(C(=O)O)c1CN1CCOc2ccccc21. The van der Waals surface area contributed by atoms with Crippen molar-refractivity contribution in [3.63, 3.8) is 0 Å². The molecule has 0 atom stereocenters. The molecular formula is C14H15N3O3. The number of rotatable bonds is 3. The van der Waals surface area contributed by atoms with Crippen molar-refractivity contribution in [1.29, 1.82) is 0 Å². The Hall–Kier alpha value is -2.50. The summed E-state index contributed by atoms with van der Waals surface area (Å²) in [5.41, 5.74) is 1.92. The second-order valence-electron chi connectivity index (χ2n) is 4.67. The molecule has 1 aromatic heterocycles. The molecule has 104 valence electrons. The molecule has 1 N–H and O–H groups in total. The molecule has 6 heteroatoms. The van der Waals surface area contributed by atoms with E-state index < -0.39 is 5.97 Å². The summed E-state index contributed by atoms with van der Waals surface area (Å²) in [6.07, 6.45) is 1.39. The molecule has 0 amide bonds. The molecule has 0 fully saturated rings. The van der Waals surface area contributed by atoms with Gasteiger partial charge in [0.05, 0.1) is 30.7 Å². The maximum absolute atomic E-state index is 11.2. The first kappa shape index (κ1) is 12.5. The summed E-state index contributed by atoms with van der Waals surface area (Å²) in [6, 6.07) is 7.77. The van der Waals surface area contributed by atoms with Crippen LogP contribution in [0, 0.1) is 0 Å². The molecule has 6 nitrogen and oxygen atoms in total. The van der Waals surface area contributed by atoms with Crippen LogP contribution in [-0.4, -0.2) is 34.0 Å². The van der Waals surface area contributed by atoms with Gasteiger partial charge in [0, 0.05) is 7.05 Å². The van der Waals surface area contributed by atoms with E-state index in [1.165, 1.54) is 6.20 Å². The molecule has 3 rings (SSSR count). The van der Waals surface area contributed by atoms with E-state index in [9.17, 15) is 9.90 Å². The highest BCUT2D eigenvalue weighted by Gasteiger charge is 2.22. The highest BCUT2D eigenvalue weighted by molar-refractivity contribution is 5.88. The zero-order valence-electron chi connectivity index (χ0n) is 11.1. The van der Waals surface area contributed by atoms with Crippen LogP contribution >= 0.6 is 0 Å². The van der Waals surface area contributed by atoms with Crippen LogP contribution in [0.15, 0.2) is 30.5 Å². The number of para-hydroxylation sites is 2. The number of aromatic nitrogens is 2. The fourth-order valence-corrected chi connectivity index (χ4v) is 2.40. The van der Waals surface area contributed by atoms with Gasteiger partial charge in [0.25, 0.3) is 0 Å². The fraction of sp³-hybridized carbons (Fsp3) is 0.286. The van der Waals surface area contributed by atoms with Crippen molar-refractivity contribution in [2.24, 2.45) is 7.05 Å². The van der Waals surface area contributed by atoms with Crippen molar-refractivity contribution in [2.45, 2.75) is 6.54 Å². The van der Waals surface area contributed by atoms with E-state index in [4.69, 9.17) is 4.74 Å². The van der Waals surface area contributed by atoms with Crippen molar-refractivity contribution >= 4 is 11.7 Å². The quantitative estimate of drug-likeness (QED) is 0.918. The van der Waals surface area contributed by atoms with Gasteiger partial charge >= 0.3 is 5.97 Å². The number of hydrogen-bond donors (Lipinski definition) is 1. The maximum Gasteiger partial charge on any atom is 0.339 e. The van der Waals surface area contributed by atoms with Crippen LogP contribution < -0.4 is 9.64 Å². The monoisotopic (exact) mass is 273 g/mol. The van der Waals surface area contributed by atoms with Gasteiger partial charge in [-0.25, -0.2) is 4.79 Å². The van der Waals surface area contributed by atoms with Crippen LogP contribution in [-0.2, 0) is 13.6 Å². The lowest BCUT2D eigenvalue weighted by Crippen LogP contribution is -2.33. The summed E-state index contributed by atoms with van der Waals surface area (Å²) in [4.78, 5) is 13.3. The van der Waals surface area contributed by atoms with Crippen molar-refractivity contribution in [3.05, 3.63) is 41.7 Å². The van der Waals surface area contributed by atoms with Gasteiger partial charge in [-0.1, -0.05) is 12.1 Å². The zero-order valence-corrected chi connectivity index (χ0v) is 11.1. The molecule has 1 aliphatic rings. The minimum atomic E-state index is -0.949. The Labute approximate surface area is 116 Å². The Balaban J connectivity index is 1.93. The first-order valence-electron chi connectivity index (χ1n) is 6.38. The van der Waals surface area contributed by atoms with Gasteiger partial charge in [-0.15, -0.1) is 0 Å². The minimum Gasteiger partial charge on any atom is -0.490 e. The van der Waals surface area contributed by atoms with Crippen LogP contribution in [0.1, 0.15) is 16.1 Å². The van der Waals surface area contributed by atoms with E-state index >= 15 is 0 Å². The summed E-state index contributed by atoms with van der Waals surface area (Å²) < 4.78 is 7.21. The highest BCUT2D eigenvalue weighted by atomic mass is 16.5. The van der Waals surface area contributed by atoms with Gasteiger partial charge in [0.2, 0.25) is 0 Å². The van der Waals surface area contributed by atoms with Crippen molar-refractivity contribution in [3.8, 4) is 5.75 Å². The van der Waals surface area contributed by atoms with Crippen molar-refractivity contribution in [1.82, 2.24) is 9.78 Å². The van der Waals surface area contributed by atoms with E-state index in [0.717, 1.165) is 18.0 Å². The first-order valence-corrected chi connectivity index (χ1v) is 6.38. The first-order chi connectivity index (χ1) is 9.66. The third-order valence-electron chi connectivity index (χ3n) is 3.46. The second kappa shape index (κ2) is 4.88. The lowest BCUT2D eigenvalue weighted by Gasteiger charge is -2.31. The number of fused-ring (bicyclic) bond motifs is 1.